The minimum atomic E-state index is -0.331. The molecule has 38 heavy (non-hydrogen) atoms. The van der Waals surface area contributed by atoms with Crippen molar-refractivity contribution in [3.63, 3.8) is 0 Å². The molecule has 0 aromatic carbocycles. The summed E-state index contributed by atoms with van der Waals surface area (Å²) in [6.45, 7) is 0. The topological polar surface area (TPSA) is 51.6 Å². The Labute approximate surface area is 237 Å². The SMILES string of the molecule is Fc1ccc(-c2cc3sc(-c4nc5sc(-c6cc7sc(-c8ccc(F)cn8)cc7s6)nc5s4)cc3s2)nc1. The van der Waals surface area contributed by atoms with Gasteiger partial charge in [0.2, 0.25) is 0 Å². The van der Waals surface area contributed by atoms with E-state index in [9.17, 15) is 8.78 Å². The summed E-state index contributed by atoms with van der Waals surface area (Å²) in [7, 11) is 0. The lowest BCUT2D eigenvalue weighted by Gasteiger charge is -1.95. The van der Waals surface area contributed by atoms with E-state index >= 15 is 0 Å². The Morgan fingerprint density at radius 3 is 1.26 bits per heavy atom. The monoisotopic (exact) mass is 608 g/mol. The molecule has 0 aliphatic heterocycles. The number of hydrogen-bond acceptors (Lipinski definition) is 10. The van der Waals surface area contributed by atoms with Gasteiger partial charge in [-0.3, -0.25) is 9.97 Å². The fourth-order valence-electron chi connectivity index (χ4n) is 4.03. The van der Waals surface area contributed by atoms with Crippen LogP contribution in [0, 0.1) is 11.6 Å². The minimum Gasteiger partial charge on any atom is -0.252 e. The minimum absolute atomic E-state index is 0.331. The van der Waals surface area contributed by atoms with E-state index in [1.165, 1.54) is 43.3 Å². The number of nitrogens with zero attached hydrogens (tertiary/aromatic N) is 4. The van der Waals surface area contributed by atoms with E-state index < -0.39 is 0 Å². The van der Waals surface area contributed by atoms with Gasteiger partial charge < -0.3 is 0 Å². The molecule has 0 radical (unpaired) electrons. The summed E-state index contributed by atoms with van der Waals surface area (Å²) in [6.07, 6.45) is 2.50. The molecule has 0 saturated heterocycles. The number of hydrogen-bond donors (Lipinski definition) is 0. The van der Waals surface area contributed by atoms with E-state index in [0.29, 0.717) is 0 Å². The number of pyridine rings is 2. The average molecular weight is 609 g/mol. The van der Waals surface area contributed by atoms with Gasteiger partial charge in [0.15, 0.2) is 9.66 Å². The van der Waals surface area contributed by atoms with Crippen LogP contribution in [0.4, 0.5) is 8.78 Å². The molecule has 0 aliphatic carbocycles. The quantitative estimate of drug-likeness (QED) is 0.200. The third kappa shape index (κ3) is 3.91. The summed E-state index contributed by atoms with van der Waals surface area (Å²) in [5.74, 6) is -0.662. The second-order valence-corrected chi connectivity index (χ2v) is 14.6. The Bertz CT molecular complexity index is 1870. The van der Waals surface area contributed by atoms with Gasteiger partial charge in [0.25, 0.3) is 0 Å². The number of rotatable bonds is 4. The third-order valence-corrected chi connectivity index (χ3v) is 12.8. The first-order valence-electron chi connectivity index (χ1n) is 11.1. The summed E-state index contributed by atoms with van der Waals surface area (Å²) < 4.78 is 31.1. The zero-order valence-corrected chi connectivity index (χ0v) is 23.7. The highest BCUT2D eigenvalue weighted by atomic mass is 32.1. The lowest BCUT2D eigenvalue weighted by atomic mass is 10.3. The normalized spacial score (nSPS) is 11.9. The van der Waals surface area contributed by atoms with Gasteiger partial charge in [-0.25, -0.2) is 18.7 Å². The van der Waals surface area contributed by atoms with Crippen LogP contribution in [0.2, 0.25) is 0 Å². The van der Waals surface area contributed by atoms with Crippen LogP contribution in [-0.2, 0) is 0 Å². The number of fused-ring (bicyclic) bond motifs is 3. The molecule has 8 aromatic heterocycles. The molecule has 0 N–H and O–H groups in total. The van der Waals surface area contributed by atoms with Crippen LogP contribution in [-0.4, -0.2) is 19.9 Å². The standard InChI is InChI=1S/C26H10F2N4S6/c27-11-1-3-13(29-9-11)15-5-17-19(33-15)7-21(35-17)23-31-25-26(37-23)32-24(38-25)22-8-20-18(36-22)6-16(34-20)14-4-2-12(28)10-30-14/h1-10H. The van der Waals surface area contributed by atoms with E-state index in [1.807, 2.05) is 0 Å². The van der Waals surface area contributed by atoms with E-state index in [2.05, 4.69) is 34.2 Å². The lowest BCUT2D eigenvalue weighted by Crippen LogP contribution is -1.80. The molecule has 0 spiro atoms. The fourth-order valence-corrected chi connectivity index (χ4v) is 10.9. The van der Waals surface area contributed by atoms with Crippen LogP contribution in [0.25, 0.3) is 69.4 Å². The molecular weight excluding hydrogens is 599 g/mol. The van der Waals surface area contributed by atoms with E-state index in [1.54, 1.807) is 80.2 Å². The average Bonchev–Trinajstić information content (AvgIpc) is 3.70. The maximum absolute atomic E-state index is 13.2. The van der Waals surface area contributed by atoms with Gasteiger partial charge in [0.1, 0.15) is 21.6 Å². The molecule has 0 fully saturated rings. The van der Waals surface area contributed by atoms with Gasteiger partial charge >= 0.3 is 0 Å². The van der Waals surface area contributed by atoms with Gasteiger partial charge in [-0.2, -0.15) is 0 Å². The summed E-state index contributed by atoms with van der Waals surface area (Å²) in [6, 6.07) is 14.9. The maximum atomic E-state index is 13.2. The Balaban J connectivity index is 1.07. The molecule has 0 unspecified atom stereocenters. The molecular formula is C26H10F2N4S6. The van der Waals surface area contributed by atoms with Crippen LogP contribution in [0.5, 0.6) is 0 Å². The molecule has 12 heteroatoms. The maximum Gasteiger partial charge on any atom is 0.155 e. The highest BCUT2D eigenvalue weighted by Gasteiger charge is 2.18. The zero-order chi connectivity index (χ0) is 25.4. The van der Waals surface area contributed by atoms with Gasteiger partial charge in [0.05, 0.1) is 43.3 Å². The van der Waals surface area contributed by atoms with Crippen LogP contribution in [0.3, 0.4) is 0 Å². The molecule has 0 amide bonds. The third-order valence-electron chi connectivity index (χ3n) is 5.77. The first-order chi connectivity index (χ1) is 18.6. The van der Waals surface area contributed by atoms with Crippen molar-refractivity contribution in [3.8, 4) is 40.9 Å². The fraction of sp³-hybridized carbons (Fsp3) is 0. The van der Waals surface area contributed by atoms with E-state index in [4.69, 9.17) is 9.97 Å². The molecule has 4 nitrogen and oxygen atoms in total. The summed E-state index contributed by atoms with van der Waals surface area (Å²) in [4.78, 5) is 24.4. The molecule has 184 valence electrons. The Morgan fingerprint density at radius 1 is 0.474 bits per heavy atom. The Hall–Kier alpha value is -3.00. The smallest absolute Gasteiger partial charge is 0.155 e. The number of thiazole rings is 2. The van der Waals surface area contributed by atoms with Gasteiger partial charge in [-0.15, -0.1) is 45.3 Å². The number of thiophene rings is 4. The van der Waals surface area contributed by atoms with Crippen molar-refractivity contribution in [3.05, 3.63) is 72.6 Å². The second kappa shape index (κ2) is 8.76. The Kier molecular flexibility index (Phi) is 5.29. The Morgan fingerprint density at radius 2 is 0.868 bits per heavy atom. The van der Waals surface area contributed by atoms with Gasteiger partial charge in [-0.05, 0) is 48.5 Å². The van der Waals surface area contributed by atoms with Crippen molar-refractivity contribution >= 4 is 96.5 Å². The molecule has 0 bridgehead atoms. The van der Waals surface area contributed by atoms with E-state index in [-0.39, 0.29) is 11.6 Å². The molecule has 0 atom stereocenters. The highest BCUT2D eigenvalue weighted by molar-refractivity contribution is 7.35. The number of halogens is 2. The van der Waals surface area contributed by atoms with Crippen LogP contribution in [0.1, 0.15) is 0 Å². The largest absolute Gasteiger partial charge is 0.252 e. The first-order valence-corrected chi connectivity index (χ1v) is 16.0. The number of aromatic nitrogens is 4. The van der Waals surface area contributed by atoms with Crippen molar-refractivity contribution < 1.29 is 8.78 Å². The predicted octanol–water partition coefficient (Wildman–Crippen LogP) is 10.0. The summed E-state index contributed by atoms with van der Waals surface area (Å²) in [5.41, 5.74) is 1.56. The highest BCUT2D eigenvalue weighted by Crippen LogP contribution is 2.46. The van der Waals surface area contributed by atoms with Crippen molar-refractivity contribution in [1.82, 2.24) is 19.9 Å². The van der Waals surface area contributed by atoms with Crippen LogP contribution in [0.15, 0.2) is 60.9 Å². The summed E-state index contributed by atoms with van der Waals surface area (Å²) in [5, 5.41) is 1.95. The first kappa shape index (κ1) is 22.9. The van der Waals surface area contributed by atoms with Crippen LogP contribution < -0.4 is 0 Å². The van der Waals surface area contributed by atoms with E-state index in [0.717, 1.165) is 50.6 Å². The molecule has 8 rings (SSSR count). The summed E-state index contributed by atoms with van der Waals surface area (Å²) >= 11 is 9.94. The van der Waals surface area contributed by atoms with Gasteiger partial charge in [0, 0.05) is 18.8 Å². The predicted molar refractivity (Wildman–Crippen MR) is 159 cm³/mol. The van der Waals surface area contributed by atoms with Crippen LogP contribution >= 0.6 is 68.0 Å². The lowest BCUT2D eigenvalue weighted by molar-refractivity contribution is 0.621. The van der Waals surface area contributed by atoms with Crippen molar-refractivity contribution in [2.75, 3.05) is 0 Å². The molecule has 8 aromatic rings. The van der Waals surface area contributed by atoms with Crippen molar-refractivity contribution in [1.29, 1.82) is 0 Å². The molecule has 8 heterocycles. The van der Waals surface area contributed by atoms with Crippen molar-refractivity contribution in [2.45, 2.75) is 0 Å². The molecule has 0 saturated carbocycles. The van der Waals surface area contributed by atoms with Crippen molar-refractivity contribution in [2.24, 2.45) is 0 Å². The zero-order valence-electron chi connectivity index (χ0n) is 18.8. The second-order valence-electron chi connectivity index (χ2n) is 8.27. The molecule has 0 aliphatic rings. The van der Waals surface area contributed by atoms with Gasteiger partial charge in [-0.1, -0.05) is 22.7 Å².